The Morgan fingerprint density at radius 2 is 1.69 bits per heavy atom. The zero-order valence-electron chi connectivity index (χ0n) is 16.3. The molecule has 0 aliphatic heterocycles. The highest BCUT2D eigenvalue weighted by Gasteiger charge is 2.18. The molecule has 0 saturated carbocycles. The summed E-state index contributed by atoms with van der Waals surface area (Å²) in [6.45, 7) is 5.36. The first kappa shape index (κ1) is 20.9. The van der Waals surface area contributed by atoms with Crippen LogP contribution < -0.4 is 10.6 Å². The third-order valence-electron chi connectivity index (χ3n) is 3.82. The maximum Gasteiger partial charge on any atom is 0.412 e. The number of halogens is 1. The second-order valence-electron chi connectivity index (χ2n) is 7.33. The summed E-state index contributed by atoms with van der Waals surface area (Å²) in [7, 11) is 0. The van der Waals surface area contributed by atoms with Crippen molar-refractivity contribution in [1.29, 1.82) is 0 Å². The molecule has 1 heterocycles. The molecule has 1 aromatic heterocycles. The number of rotatable bonds is 4. The van der Waals surface area contributed by atoms with Gasteiger partial charge in [-0.15, -0.1) is 11.3 Å². The van der Waals surface area contributed by atoms with E-state index >= 15 is 0 Å². The van der Waals surface area contributed by atoms with E-state index in [-0.39, 0.29) is 5.91 Å². The minimum atomic E-state index is -0.631. The molecule has 2 N–H and O–H groups in total. The van der Waals surface area contributed by atoms with E-state index in [1.807, 2.05) is 29.6 Å². The minimum absolute atomic E-state index is 0.308. The van der Waals surface area contributed by atoms with Crippen molar-refractivity contribution in [2.75, 3.05) is 10.6 Å². The van der Waals surface area contributed by atoms with Crippen LogP contribution in [-0.2, 0) is 4.74 Å². The monoisotopic (exact) mass is 428 g/mol. The van der Waals surface area contributed by atoms with E-state index < -0.39 is 11.7 Å². The quantitative estimate of drug-likeness (QED) is 0.487. The predicted molar refractivity (Wildman–Crippen MR) is 119 cm³/mol. The standard InChI is InChI=1S/C22H21ClN2O3S/c1-22(2,3)28-21(27)25-17-11-8-15(19-5-4-12-29-19)13-18(17)24-20(26)14-6-9-16(23)10-7-14/h4-13H,1-3H3,(H,24,26)(H,25,27). The molecule has 2 aromatic carbocycles. The minimum Gasteiger partial charge on any atom is -0.444 e. The highest BCUT2D eigenvalue weighted by molar-refractivity contribution is 7.13. The summed E-state index contributed by atoms with van der Waals surface area (Å²) in [5, 5.41) is 8.11. The van der Waals surface area contributed by atoms with Crippen LogP contribution >= 0.6 is 22.9 Å². The molecule has 0 aliphatic rings. The van der Waals surface area contributed by atoms with Crippen LogP contribution in [0.3, 0.4) is 0 Å². The van der Waals surface area contributed by atoms with Gasteiger partial charge in [-0.25, -0.2) is 4.79 Å². The van der Waals surface area contributed by atoms with Gasteiger partial charge in [-0.2, -0.15) is 0 Å². The van der Waals surface area contributed by atoms with Crippen molar-refractivity contribution in [3.05, 3.63) is 70.6 Å². The third-order valence-corrected chi connectivity index (χ3v) is 4.99. The van der Waals surface area contributed by atoms with Gasteiger partial charge >= 0.3 is 6.09 Å². The average Bonchev–Trinajstić information content (AvgIpc) is 3.16. The third kappa shape index (κ3) is 5.82. The lowest BCUT2D eigenvalue weighted by Crippen LogP contribution is -2.27. The molecule has 0 unspecified atom stereocenters. The van der Waals surface area contributed by atoms with Crippen molar-refractivity contribution in [1.82, 2.24) is 0 Å². The van der Waals surface area contributed by atoms with Gasteiger partial charge in [0.1, 0.15) is 5.60 Å². The SMILES string of the molecule is CC(C)(C)OC(=O)Nc1ccc(-c2cccs2)cc1NC(=O)c1ccc(Cl)cc1. The van der Waals surface area contributed by atoms with Gasteiger partial charge in [0.25, 0.3) is 5.91 Å². The molecule has 2 amide bonds. The first-order chi connectivity index (χ1) is 13.7. The number of nitrogens with one attached hydrogen (secondary N) is 2. The van der Waals surface area contributed by atoms with Crippen LogP contribution in [0.4, 0.5) is 16.2 Å². The number of thiophene rings is 1. The highest BCUT2D eigenvalue weighted by atomic mass is 35.5. The number of ether oxygens (including phenoxy) is 1. The van der Waals surface area contributed by atoms with E-state index in [1.165, 1.54) is 0 Å². The molecule has 0 atom stereocenters. The van der Waals surface area contributed by atoms with Crippen LogP contribution in [0.2, 0.25) is 5.02 Å². The van der Waals surface area contributed by atoms with Gasteiger partial charge in [-0.3, -0.25) is 10.1 Å². The summed E-state index contributed by atoms with van der Waals surface area (Å²) in [4.78, 5) is 26.0. The number of hydrogen-bond donors (Lipinski definition) is 2. The Labute approximate surface area is 178 Å². The van der Waals surface area contributed by atoms with Crippen LogP contribution in [0.1, 0.15) is 31.1 Å². The van der Waals surface area contributed by atoms with Gasteiger partial charge in [-0.1, -0.05) is 23.7 Å². The molecule has 3 rings (SSSR count). The Bertz CT molecular complexity index is 1010. The second-order valence-corrected chi connectivity index (χ2v) is 8.71. The number of anilines is 2. The number of carbonyl (C=O) groups is 2. The van der Waals surface area contributed by atoms with E-state index in [2.05, 4.69) is 10.6 Å². The lowest BCUT2D eigenvalue weighted by atomic mass is 10.1. The molecule has 0 spiro atoms. The topological polar surface area (TPSA) is 67.4 Å². The maximum atomic E-state index is 12.7. The maximum absolute atomic E-state index is 12.7. The number of benzene rings is 2. The molecule has 0 saturated heterocycles. The lowest BCUT2D eigenvalue weighted by Gasteiger charge is -2.21. The lowest BCUT2D eigenvalue weighted by molar-refractivity contribution is 0.0635. The predicted octanol–water partition coefficient (Wildman–Crippen LogP) is 6.67. The molecule has 0 fully saturated rings. The fraction of sp³-hybridized carbons (Fsp3) is 0.182. The van der Waals surface area contributed by atoms with Crippen molar-refractivity contribution >= 4 is 46.3 Å². The zero-order chi connectivity index (χ0) is 21.0. The highest BCUT2D eigenvalue weighted by Crippen LogP contribution is 2.32. The smallest absolute Gasteiger partial charge is 0.412 e. The van der Waals surface area contributed by atoms with Crippen LogP contribution in [0.5, 0.6) is 0 Å². The van der Waals surface area contributed by atoms with Gasteiger partial charge in [-0.05, 0) is 74.2 Å². The molecular weight excluding hydrogens is 408 g/mol. The summed E-state index contributed by atoms with van der Waals surface area (Å²) >= 11 is 7.49. The summed E-state index contributed by atoms with van der Waals surface area (Å²) < 4.78 is 5.33. The molecule has 0 bridgehead atoms. The average molecular weight is 429 g/mol. The summed E-state index contributed by atoms with van der Waals surface area (Å²) in [5.74, 6) is -0.308. The van der Waals surface area contributed by atoms with Gasteiger partial charge < -0.3 is 10.1 Å². The Kier molecular flexibility index (Phi) is 6.25. The summed E-state index contributed by atoms with van der Waals surface area (Å²) in [5.41, 5.74) is 1.68. The Morgan fingerprint density at radius 1 is 0.966 bits per heavy atom. The van der Waals surface area contributed by atoms with Gasteiger partial charge in [0.2, 0.25) is 0 Å². The number of carbonyl (C=O) groups excluding carboxylic acids is 2. The first-order valence-electron chi connectivity index (χ1n) is 8.96. The van der Waals surface area contributed by atoms with Crippen molar-refractivity contribution in [3.63, 3.8) is 0 Å². The summed E-state index contributed by atoms with van der Waals surface area (Å²) in [6.07, 6.45) is -0.594. The fourth-order valence-electron chi connectivity index (χ4n) is 2.56. The fourth-order valence-corrected chi connectivity index (χ4v) is 3.41. The van der Waals surface area contributed by atoms with E-state index in [9.17, 15) is 9.59 Å². The van der Waals surface area contributed by atoms with Crippen LogP contribution in [0.15, 0.2) is 60.0 Å². The van der Waals surface area contributed by atoms with E-state index in [4.69, 9.17) is 16.3 Å². The normalized spacial score (nSPS) is 11.0. The molecule has 29 heavy (non-hydrogen) atoms. The second kappa shape index (κ2) is 8.68. The molecule has 5 nitrogen and oxygen atoms in total. The van der Waals surface area contributed by atoms with E-state index in [0.29, 0.717) is 22.0 Å². The van der Waals surface area contributed by atoms with Crippen LogP contribution in [0, 0.1) is 0 Å². The van der Waals surface area contributed by atoms with Gasteiger partial charge in [0, 0.05) is 15.5 Å². The Hall–Kier alpha value is -2.83. The molecule has 7 heteroatoms. The van der Waals surface area contributed by atoms with Crippen molar-refractivity contribution in [3.8, 4) is 10.4 Å². The van der Waals surface area contributed by atoms with Crippen molar-refractivity contribution in [2.24, 2.45) is 0 Å². The molecule has 0 aliphatic carbocycles. The summed E-state index contributed by atoms with van der Waals surface area (Å²) in [6, 6.07) is 16.0. The first-order valence-corrected chi connectivity index (χ1v) is 10.2. The van der Waals surface area contributed by atoms with Gasteiger partial charge in [0.05, 0.1) is 11.4 Å². The number of amides is 2. The Morgan fingerprint density at radius 3 is 2.31 bits per heavy atom. The van der Waals surface area contributed by atoms with Gasteiger partial charge in [0.15, 0.2) is 0 Å². The number of hydrogen-bond acceptors (Lipinski definition) is 4. The molecule has 3 aromatic rings. The van der Waals surface area contributed by atoms with Crippen LogP contribution in [0.25, 0.3) is 10.4 Å². The van der Waals surface area contributed by atoms with Crippen molar-refractivity contribution in [2.45, 2.75) is 26.4 Å². The van der Waals surface area contributed by atoms with E-state index in [1.54, 1.807) is 62.4 Å². The zero-order valence-corrected chi connectivity index (χ0v) is 17.9. The van der Waals surface area contributed by atoms with Crippen LogP contribution in [-0.4, -0.2) is 17.6 Å². The Balaban J connectivity index is 1.90. The van der Waals surface area contributed by atoms with E-state index in [0.717, 1.165) is 10.4 Å². The van der Waals surface area contributed by atoms with Crippen molar-refractivity contribution < 1.29 is 14.3 Å². The largest absolute Gasteiger partial charge is 0.444 e. The molecule has 150 valence electrons. The molecular formula is C22H21ClN2O3S. The molecule has 0 radical (unpaired) electrons.